The largest absolute Gasteiger partial charge is 0.356 e. The predicted molar refractivity (Wildman–Crippen MR) is 106 cm³/mol. The molecule has 0 saturated heterocycles. The molecule has 0 bridgehead atoms. The summed E-state index contributed by atoms with van der Waals surface area (Å²) in [5.74, 6) is 1.34. The van der Waals surface area contributed by atoms with Crippen molar-refractivity contribution in [3.63, 3.8) is 0 Å². The first-order valence-electron chi connectivity index (χ1n) is 8.65. The summed E-state index contributed by atoms with van der Waals surface area (Å²) >= 11 is 1.80. The van der Waals surface area contributed by atoms with Crippen LogP contribution in [0.2, 0.25) is 0 Å². The van der Waals surface area contributed by atoms with Crippen LogP contribution in [0.5, 0.6) is 0 Å². The Labute approximate surface area is 152 Å². The van der Waals surface area contributed by atoms with Crippen LogP contribution in [-0.4, -0.2) is 35.6 Å². The predicted octanol–water partition coefficient (Wildman–Crippen LogP) is 3.46. The Bertz CT molecular complexity index is 806. The van der Waals surface area contributed by atoms with Gasteiger partial charge in [0.1, 0.15) is 0 Å². The molecule has 0 spiro atoms. The summed E-state index contributed by atoms with van der Waals surface area (Å²) < 4.78 is 2.20. The Hall–Kier alpha value is -2.34. The van der Waals surface area contributed by atoms with E-state index in [2.05, 4.69) is 61.7 Å². The van der Waals surface area contributed by atoms with Gasteiger partial charge in [-0.1, -0.05) is 25.1 Å². The van der Waals surface area contributed by atoms with Crippen molar-refractivity contribution in [2.24, 2.45) is 4.99 Å². The number of aliphatic imine (C=N–C) groups is 1. The molecule has 3 aromatic rings. The number of aryl methyl sites for hydroxylation is 1. The lowest BCUT2D eigenvalue weighted by Gasteiger charge is -2.15. The first-order valence-corrected chi connectivity index (χ1v) is 9.53. The van der Waals surface area contributed by atoms with Crippen molar-refractivity contribution in [2.75, 3.05) is 20.1 Å². The molecule has 2 heterocycles. The van der Waals surface area contributed by atoms with Crippen LogP contribution in [0.3, 0.4) is 0 Å². The Morgan fingerprint density at radius 2 is 2.12 bits per heavy atom. The van der Waals surface area contributed by atoms with Crippen LogP contribution in [0.1, 0.15) is 24.1 Å². The molecule has 0 radical (unpaired) electrons. The van der Waals surface area contributed by atoms with E-state index in [1.54, 1.807) is 11.3 Å². The fourth-order valence-corrected chi connectivity index (χ4v) is 3.57. The number of nitrogens with one attached hydrogen (secondary N) is 2. The van der Waals surface area contributed by atoms with Gasteiger partial charge in [-0.05, 0) is 30.0 Å². The van der Waals surface area contributed by atoms with Crippen LogP contribution < -0.4 is 10.6 Å². The van der Waals surface area contributed by atoms with Crippen molar-refractivity contribution >= 4 is 28.3 Å². The van der Waals surface area contributed by atoms with E-state index in [1.165, 1.54) is 10.4 Å². The van der Waals surface area contributed by atoms with E-state index in [1.807, 2.05) is 25.5 Å². The zero-order valence-electron chi connectivity index (χ0n) is 14.8. The molecular formula is C19H25N5S. The van der Waals surface area contributed by atoms with Crippen molar-refractivity contribution in [3.05, 3.63) is 53.0 Å². The van der Waals surface area contributed by atoms with Crippen LogP contribution in [0.4, 0.5) is 0 Å². The topological polar surface area (TPSA) is 54.2 Å². The fourth-order valence-electron chi connectivity index (χ4n) is 2.79. The molecule has 1 unspecified atom stereocenters. The molecule has 6 heteroatoms. The number of aromatic nitrogens is 2. The highest BCUT2D eigenvalue weighted by molar-refractivity contribution is 7.10. The molecule has 25 heavy (non-hydrogen) atoms. The summed E-state index contributed by atoms with van der Waals surface area (Å²) in [6.07, 6.45) is 2.93. The smallest absolute Gasteiger partial charge is 0.190 e. The van der Waals surface area contributed by atoms with Gasteiger partial charge in [-0.15, -0.1) is 11.3 Å². The highest BCUT2D eigenvalue weighted by Gasteiger charge is 2.07. The summed E-state index contributed by atoms with van der Waals surface area (Å²) in [4.78, 5) is 10.1. The highest BCUT2D eigenvalue weighted by Crippen LogP contribution is 2.19. The first-order chi connectivity index (χ1) is 12.3. The number of fused-ring (bicyclic) bond motifs is 1. The van der Waals surface area contributed by atoms with Gasteiger partial charge in [-0.3, -0.25) is 4.99 Å². The molecule has 5 nitrogen and oxygen atoms in total. The van der Waals surface area contributed by atoms with Crippen LogP contribution in [-0.2, 0) is 6.54 Å². The third kappa shape index (κ3) is 4.60. The molecule has 2 N–H and O–H groups in total. The zero-order valence-corrected chi connectivity index (χ0v) is 15.6. The van der Waals surface area contributed by atoms with Gasteiger partial charge in [0, 0.05) is 37.5 Å². The number of thiophene rings is 1. The third-order valence-electron chi connectivity index (χ3n) is 4.22. The number of para-hydroxylation sites is 2. The van der Waals surface area contributed by atoms with Gasteiger partial charge < -0.3 is 15.2 Å². The van der Waals surface area contributed by atoms with E-state index in [-0.39, 0.29) is 0 Å². The van der Waals surface area contributed by atoms with Crippen molar-refractivity contribution in [3.8, 4) is 0 Å². The van der Waals surface area contributed by atoms with Gasteiger partial charge in [-0.2, -0.15) is 0 Å². The lowest BCUT2D eigenvalue weighted by Crippen LogP contribution is -2.39. The second kappa shape index (κ2) is 8.67. The average molecular weight is 356 g/mol. The summed E-state index contributed by atoms with van der Waals surface area (Å²) in [5.41, 5.74) is 2.24. The maximum atomic E-state index is 4.43. The Morgan fingerprint density at radius 1 is 1.24 bits per heavy atom. The number of nitrogens with zero attached hydrogens (tertiary/aromatic N) is 3. The van der Waals surface area contributed by atoms with Gasteiger partial charge in [0.15, 0.2) is 5.96 Å². The van der Waals surface area contributed by atoms with Crippen LogP contribution in [0.15, 0.2) is 53.1 Å². The summed E-state index contributed by atoms with van der Waals surface area (Å²) in [6.45, 7) is 4.93. The maximum absolute atomic E-state index is 4.43. The number of hydrogen-bond acceptors (Lipinski definition) is 3. The molecule has 1 atom stereocenters. The van der Waals surface area contributed by atoms with Gasteiger partial charge in [0.2, 0.25) is 0 Å². The lowest BCUT2D eigenvalue weighted by molar-refractivity contribution is 0.632. The molecule has 0 amide bonds. The normalized spacial score (nSPS) is 13.1. The Kier molecular flexibility index (Phi) is 6.06. The number of guanidine groups is 1. The Balaban J connectivity index is 1.41. The first kappa shape index (κ1) is 17.5. The second-order valence-corrected chi connectivity index (χ2v) is 7.06. The third-order valence-corrected chi connectivity index (χ3v) is 5.33. The van der Waals surface area contributed by atoms with Crippen LogP contribution in [0, 0.1) is 0 Å². The molecule has 2 aromatic heterocycles. The number of benzene rings is 1. The molecule has 0 aliphatic carbocycles. The quantitative estimate of drug-likeness (QED) is 0.388. The van der Waals surface area contributed by atoms with Gasteiger partial charge >= 0.3 is 0 Å². The summed E-state index contributed by atoms with van der Waals surface area (Å²) in [6, 6.07) is 12.5. The van der Waals surface area contributed by atoms with E-state index in [4.69, 9.17) is 0 Å². The second-order valence-electron chi connectivity index (χ2n) is 6.08. The minimum atomic E-state index is 0.482. The summed E-state index contributed by atoms with van der Waals surface area (Å²) in [7, 11) is 1.81. The van der Waals surface area contributed by atoms with Crippen LogP contribution >= 0.6 is 11.3 Å². The lowest BCUT2D eigenvalue weighted by atomic mass is 10.1. The zero-order chi connectivity index (χ0) is 17.5. The minimum absolute atomic E-state index is 0.482. The van der Waals surface area contributed by atoms with Gasteiger partial charge in [0.25, 0.3) is 0 Å². The molecular weight excluding hydrogens is 330 g/mol. The number of imidazole rings is 1. The van der Waals surface area contributed by atoms with Crippen molar-refractivity contribution < 1.29 is 0 Å². The standard InChI is InChI=1S/C19H25N5S/c1-15(18-9-5-12-25-18)13-22-19(20-2)21-10-6-11-24-14-23-16-7-3-4-8-17(16)24/h3-5,7-9,12,14-15H,6,10-11,13H2,1-2H3,(H2,20,21,22). The van der Waals surface area contributed by atoms with E-state index in [0.717, 1.165) is 37.5 Å². The SMILES string of the molecule is CN=C(NCCCn1cnc2ccccc21)NCC(C)c1cccs1. The minimum Gasteiger partial charge on any atom is -0.356 e. The van der Waals surface area contributed by atoms with E-state index in [0.29, 0.717) is 5.92 Å². The fraction of sp³-hybridized carbons (Fsp3) is 0.368. The van der Waals surface area contributed by atoms with Crippen molar-refractivity contribution in [1.82, 2.24) is 20.2 Å². The van der Waals surface area contributed by atoms with E-state index in [9.17, 15) is 0 Å². The number of rotatable bonds is 7. The molecule has 0 saturated carbocycles. The number of hydrogen-bond donors (Lipinski definition) is 2. The highest BCUT2D eigenvalue weighted by atomic mass is 32.1. The molecule has 132 valence electrons. The molecule has 0 fully saturated rings. The Morgan fingerprint density at radius 3 is 2.92 bits per heavy atom. The van der Waals surface area contributed by atoms with E-state index >= 15 is 0 Å². The molecule has 1 aromatic carbocycles. The molecule has 0 aliphatic heterocycles. The van der Waals surface area contributed by atoms with Crippen LogP contribution in [0.25, 0.3) is 11.0 Å². The molecule has 0 aliphatic rings. The summed E-state index contributed by atoms with van der Waals surface area (Å²) in [5, 5.41) is 8.92. The monoisotopic (exact) mass is 355 g/mol. The van der Waals surface area contributed by atoms with Gasteiger partial charge in [-0.25, -0.2) is 4.98 Å². The average Bonchev–Trinajstić information content (AvgIpc) is 3.31. The molecule has 3 rings (SSSR count). The van der Waals surface area contributed by atoms with E-state index < -0.39 is 0 Å². The van der Waals surface area contributed by atoms with Gasteiger partial charge in [0.05, 0.1) is 17.4 Å². The maximum Gasteiger partial charge on any atom is 0.190 e. The van der Waals surface area contributed by atoms with Crippen molar-refractivity contribution in [1.29, 1.82) is 0 Å². The van der Waals surface area contributed by atoms with Crippen molar-refractivity contribution in [2.45, 2.75) is 25.8 Å².